The van der Waals surface area contributed by atoms with Crippen molar-refractivity contribution in [3.63, 3.8) is 0 Å². The van der Waals surface area contributed by atoms with Crippen molar-refractivity contribution in [2.45, 2.75) is 76.0 Å². The van der Waals surface area contributed by atoms with Gasteiger partial charge < -0.3 is 15.4 Å². The van der Waals surface area contributed by atoms with Crippen LogP contribution in [-0.2, 0) is 4.79 Å². The molecule has 4 rings (SSSR count). The average Bonchev–Trinajstić information content (AvgIpc) is 3.19. The van der Waals surface area contributed by atoms with Gasteiger partial charge in [0.25, 0.3) is 0 Å². The molecular weight excluding hydrogens is 300 g/mol. The molecule has 2 heterocycles. The minimum absolute atomic E-state index is 0.144. The number of ether oxygens (including phenoxy) is 1. The largest absolute Gasteiger partial charge is 0.490 e. The Bertz CT molecular complexity index is 554. The van der Waals surface area contributed by atoms with Crippen molar-refractivity contribution >= 4 is 11.6 Å². The Kier molecular flexibility index (Phi) is 4.74. The molecule has 130 valence electrons. The lowest BCUT2D eigenvalue weighted by Gasteiger charge is -2.28. The van der Waals surface area contributed by atoms with Crippen LogP contribution < -0.4 is 15.4 Å². The van der Waals surface area contributed by atoms with E-state index in [0.29, 0.717) is 30.5 Å². The van der Waals surface area contributed by atoms with Crippen LogP contribution in [0.2, 0.25) is 0 Å². The number of rotatable bonds is 5. The van der Waals surface area contributed by atoms with Gasteiger partial charge >= 0.3 is 0 Å². The van der Waals surface area contributed by atoms with Gasteiger partial charge in [-0.2, -0.15) is 0 Å². The van der Waals surface area contributed by atoms with E-state index in [2.05, 4.69) is 10.6 Å². The van der Waals surface area contributed by atoms with Crippen molar-refractivity contribution in [1.29, 1.82) is 0 Å². The molecule has 3 fully saturated rings. The lowest BCUT2D eigenvalue weighted by Crippen LogP contribution is -2.39. The van der Waals surface area contributed by atoms with Gasteiger partial charge in [-0.15, -0.1) is 0 Å². The van der Waals surface area contributed by atoms with Gasteiger partial charge in [-0.25, -0.2) is 0 Å². The fourth-order valence-electron chi connectivity index (χ4n) is 4.63. The van der Waals surface area contributed by atoms with E-state index in [1.54, 1.807) is 0 Å². The summed E-state index contributed by atoms with van der Waals surface area (Å²) in [5.41, 5.74) is 0.871. The van der Waals surface area contributed by atoms with E-state index in [4.69, 9.17) is 4.74 Å². The molecule has 2 aliphatic heterocycles. The second-order valence-corrected chi connectivity index (χ2v) is 7.78. The summed E-state index contributed by atoms with van der Waals surface area (Å²) < 4.78 is 5.97. The summed E-state index contributed by atoms with van der Waals surface area (Å²) in [6.45, 7) is 0. The maximum Gasteiger partial charge on any atom is 0.224 e. The number of benzene rings is 1. The Morgan fingerprint density at radius 1 is 1.04 bits per heavy atom. The predicted octanol–water partition coefficient (Wildman–Crippen LogP) is 3.87. The molecule has 2 saturated heterocycles. The first-order chi connectivity index (χ1) is 11.7. The molecule has 1 amide bonds. The number of amides is 1. The number of carbonyl (C=O) groups is 1. The van der Waals surface area contributed by atoms with E-state index < -0.39 is 0 Å². The van der Waals surface area contributed by atoms with E-state index in [1.807, 2.05) is 24.3 Å². The molecule has 0 radical (unpaired) electrons. The Labute approximate surface area is 144 Å². The van der Waals surface area contributed by atoms with Crippen LogP contribution in [0.1, 0.15) is 57.8 Å². The molecule has 3 aliphatic rings. The van der Waals surface area contributed by atoms with Gasteiger partial charge in [0.1, 0.15) is 5.75 Å². The molecule has 1 saturated carbocycles. The highest BCUT2D eigenvalue weighted by atomic mass is 16.5. The van der Waals surface area contributed by atoms with Gasteiger partial charge in [-0.1, -0.05) is 0 Å². The number of piperidine rings is 1. The third kappa shape index (κ3) is 3.92. The zero-order chi connectivity index (χ0) is 16.4. The van der Waals surface area contributed by atoms with Gasteiger partial charge in [-0.3, -0.25) is 4.79 Å². The first-order valence-corrected chi connectivity index (χ1v) is 9.57. The Balaban J connectivity index is 1.26. The Hall–Kier alpha value is -1.55. The van der Waals surface area contributed by atoms with E-state index in [-0.39, 0.29) is 5.91 Å². The molecule has 2 bridgehead atoms. The second-order valence-electron chi connectivity index (χ2n) is 7.78. The zero-order valence-electron chi connectivity index (χ0n) is 14.3. The van der Waals surface area contributed by atoms with Crippen LogP contribution in [-0.4, -0.2) is 24.1 Å². The number of fused-ring (bicyclic) bond motifs is 2. The SMILES string of the molecule is O=C(CC1CC2CCC(C1)N2)Nc1ccc(OC2CCCC2)cc1. The van der Waals surface area contributed by atoms with Crippen molar-refractivity contribution in [2.75, 3.05) is 5.32 Å². The van der Waals surface area contributed by atoms with E-state index in [1.165, 1.54) is 25.7 Å². The molecule has 4 nitrogen and oxygen atoms in total. The number of nitrogens with one attached hydrogen (secondary N) is 2. The minimum Gasteiger partial charge on any atom is -0.490 e. The molecule has 2 unspecified atom stereocenters. The van der Waals surface area contributed by atoms with E-state index in [9.17, 15) is 4.79 Å². The maximum atomic E-state index is 12.3. The molecule has 24 heavy (non-hydrogen) atoms. The zero-order valence-corrected chi connectivity index (χ0v) is 14.3. The van der Waals surface area contributed by atoms with Gasteiger partial charge in [0, 0.05) is 24.2 Å². The molecule has 2 N–H and O–H groups in total. The summed E-state index contributed by atoms with van der Waals surface area (Å²) in [5.74, 6) is 1.59. The van der Waals surface area contributed by atoms with Crippen molar-refractivity contribution in [2.24, 2.45) is 5.92 Å². The Morgan fingerprint density at radius 3 is 2.38 bits per heavy atom. The van der Waals surface area contributed by atoms with Crippen molar-refractivity contribution in [3.8, 4) is 5.75 Å². The van der Waals surface area contributed by atoms with E-state index >= 15 is 0 Å². The summed E-state index contributed by atoms with van der Waals surface area (Å²) >= 11 is 0. The summed E-state index contributed by atoms with van der Waals surface area (Å²) in [4.78, 5) is 12.3. The third-order valence-electron chi connectivity index (χ3n) is 5.79. The monoisotopic (exact) mass is 328 g/mol. The Morgan fingerprint density at radius 2 is 1.71 bits per heavy atom. The smallest absolute Gasteiger partial charge is 0.224 e. The van der Waals surface area contributed by atoms with Crippen LogP contribution in [0, 0.1) is 5.92 Å². The number of carbonyl (C=O) groups excluding carboxylic acids is 1. The predicted molar refractivity (Wildman–Crippen MR) is 95.2 cm³/mol. The first kappa shape index (κ1) is 15.9. The first-order valence-electron chi connectivity index (χ1n) is 9.57. The standard InChI is InChI=1S/C20H28N2O2/c23-20(13-14-11-16-5-6-17(12-14)21-16)22-15-7-9-19(10-8-15)24-18-3-1-2-4-18/h7-10,14,16-18,21H,1-6,11-13H2,(H,22,23). The summed E-state index contributed by atoms with van der Waals surface area (Å²) in [6.07, 6.45) is 10.8. The lowest BCUT2D eigenvalue weighted by molar-refractivity contribution is -0.117. The van der Waals surface area contributed by atoms with Crippen LogP contribution in [0.25, 0.3) is 0 Å². The second kappa shape index (κ2) is 7.14. The van der Waals surface area contributed by atoms with Crippen LogP contribution in [0.3, 0.4) is 0 Å². The van der Waals surface area contributed by atoms with Crippen LogP contribution in [0.5, 0.6) is 5.75 Å². The third-order valence-corrected chi connectivity index (χ3v) is 5.79. The van der Waals surface area contributed by atoms with Crippen molar-refractivity contribution in [1.82, 2.24) is 5.32 Å². The summed E-state index contributed by atoms with van der Waals surface area (Å²) in [6, 6.07) is 9.14. The van der Waals surface area contributed by atoms with Gasteiger partial charge in [0.15, 0.2) is 0 Å². The van der Waals surface area contributed by atoms with Gasteiger partial charge in [0.05, 0.1) is 6.10 Å². The molecule has 0 spiro atoms. The molecular formula is C20H28N2O2. The van der Waals surface area contributed by atoms with Crippen LogP contribution in [0.4, 0.5) is 5.69 Å². The van der Waals surface area contributed by atoms with Gasteiger partial charge in [0.2, 0.25) is 5.91 Å². The highest BCUT2D eigenvalue weighted by Gasteiger charge is 2.34. The van der Waals surface area contributed by atoms with Gasteiger partial charge in [-0.05, 0) is 81.5 Å². The highest BCUT2D eigenvalue weighted by Crippen LogP contribution is 2.33. The van der Waals surface area contributed by atoms with Crippen LogP contribution in [0.15, 0.2) is 24.3 Å². The molecule has 1 aromatic rings. The van der Waals surface area contributed by atoms with Crippen LogP contribution >= 0.6 is 0 Å². The molecule has 2 atom stereocenters. The topological polar surface area (TPSA) is 50.4 Å². The summed E-state index contributed by atoms with van der Waals surface area (Å²) in [7, 11) is 0. The maximum absolute atomic E-state index is 12.3. The molecule has 4 heteroatoms. The molecule has 1 aliphatic carbocycles. The number of anilines is 1. The lowest BCUT2D eigenvalue weighted by atomic mass is 9.89. The average molecular weight is 328 g/mol. The fourth-order valence-corrected chi connectivity index (χ4v) is 4.63. The number of hydrogen-bond acceptors (Lipinski definition) is 3. The number of hydrogen-bond donors (Lipinski definition) is 2. The highest BCUT2D eigenvalue weighted by molar-refractivity contribution is 5.90. The van der Waals surface area contributed by atoms with Crippen molar-refractivity contribution < 1.29 is 9.53 Å². The molecule has 1 aromatic carbocycles. The van der Waals surface area contributed by atoms with Crippen molar-refractivity contribution in [3.05, 3.63) is 24.3 Å². The summed E-state index contributed by atoms with van der Waals surface area (Å²) in [5, 5.41) is 6.68. The fraction of sp³-hybridized carbons (Fsp3) is 0.650. The van der Waals surface area contributed by atoms with E-state index in [0.717, 1.165) is 37.1 Å². The normalized spacial score (nSPS) is 29.6. The molecule has 0 aromatic heterocycles. The quantitative estimate of drug-likeness (QED) is 0.863. The minimum atomic E-state index is 0.144.